The maximum atomic E-state index is 11.6. The number of nitrogen functional groups attached to an aromatic ring is 1. The van der Waals surface area contributed by atoms with Crippen molar-refractivity contribution < 1.29 is 48.4 Å². The Labute approximate surface area is 214 Å². The summed E-state index contributed by atoms with van der Waals surface area (Å²) in [6, 6.07) is 1.35. The van der Waals surface area contributed by atoms with Crippen molar-refractivity contribution >= 4 is 21.0 Å². The lowest BCUT2D eigenvalue weighted by Gasteiger charge is -2.18. The third-order valence-electron chi connectivity index (χ3n) is 4.55. The van der Waals surface area contributed by atoms with E-state index >= 15 is 0 Å². The number of H-pyrrole nitrogens is 1. The van der Waals surface area contributed by atoms with Crippen molar-refractivity contribution in [3.63, 3.8) is 0 Å². The van der Waals surface area contributed by atoms with Crippen LogP contribution in [0.5, 0.6) is 0 Å². The summed E-state index contributed by atoms with van der Waals surface area (Å²) in [4.78, 5) is 74.2. The van der Waals surface area contributed by atoms with Crippen molar-refractivity contribution in [2.75, 3.05) is 44.9 Å². The molecule has 0 saturated carbocycles. The second kappa shape index (κ2) is 15.8. The SMILES string of the molecule is Nc1ccn(C(CCO)COCP(=O)(O)O)c(=O)n1.O=c1ccn(C(CCO)COCP(=O)(O)O)c(=O)[nH]1. The fourth-order valence-corrected chi connectivity index (χ4v) is 3.62. The van der Waals surface area contributed by atoms with E-state index in [1.807, 2.05) is 4.98 Å². The van der Waals surface area contributed by atoms with Gasteiger partial charge in [0.1, 0.15) is 18.5 Å². The van der Waals surface area contributed by atoms with Gasteiger partial charge in [0, 0.05) is 31.7 Å². The summed E-state index contributed by atoms with van der Waals surface area (Å²) in [5.41, 5.74) is 3.51. The summed E-state index contributed by atoms with van der Waals surface area (Å²) in [5, 5.41) is 17.8. The van der Waals surface area contributed by atoms with Gasteiger partial charge < -0.3 is 45.0 Å². The monoisotopic (exact) mass is 587 g/mol. The molecule has 0 aromatic carbocycles. The summed E-state index contributed by atoms with van der Waals surface area (Å²) in [5.74, 6) is 0.0696. The molecule has 0 amide bonds. The molecule has 2 rings (SSSR count). The van der Waals surface area contributed by atoms with E-state index in [0.717, 1.165) is 10.6 Å². The molecule has 2 aromatic rings. The van der Waals surface area contributed by atoms with Crippen LogP contribution in [0.4, 0.5) is 5.82 Å². The van der Waals surface area contributed by atoms with E-state index in [4.69, 9.17) is 45.0 Å². The van der Waals surface area contributed by atoms with Crippen molar-refractivity contribution in [1.82, 2.24) is 19.1 Å². The number of rotatable bonds is 14. The van der Waals surface area contributed by atoms with E-state index < -0.39 is 56.9 Å². The molecule has 216 valence electrons. The molecule has 0 aliphatic heterocycles. The molecule has 2 unspecified atom stereocenters. The Bertz CT molecular complexity index is 1270. The largest absolute Gasteiger partial charge is 0.396 e. The van der Waals surface area contributed by atoms with Crippen LogP contribution in [0.1, 0.15) is 24.9 Å². The van der Waals surface area contributed by atoms with Crippen LogP contribution in [-0.4, -0.2) is 88.0 Å². The number of aliphatic hydroxyl groups excluding tert-OH is 2. The summed E-state index contributed by atoms with van der Waals surface area (Å²) >= 11 is 0. The van der Waals surface area contributed by atoms with Crippen LogP contribution >= 0.6 is 15.2 Å². The minimum atomic E-state index is -4.28. The molecule has 18 nitrogen and oxygen atoms in total. The van der Waals surface area contributed by atoms with Crippen molar-refractivity contribution in [1.29, 1.82) is 0 Å². The first-order chi connectivity index (χ1) is 17.7. The summed E-state index contributed by atoms with van der Waals surface area (Å²) < 4.78 is 33.3. The van der Waals surface area contributed by atoms with Gasteiger partial charge in [-0.2, -0.15) is 4.98 Å². The molecule has 0 spiro atoms. The molecule has 0 fully saturated rings. The summed E-state index contributed by atoms with van der Waals surface area (Å²) in [6.07, 6.45) is 1.45. The molecule has 38 heavy (non-hydrogen) atoms. The summed E-state index contributed by atoms with van der Waals surface area (Å²) in [7, 11) is -8.54. The Balaban J connectivity index is 0.000000380. The number of hydrogen-bond donors (Lipinski definition) is 8. The maximum absolute atomic E-state index is 11.6. The van der Waals surface area contributed by atoms with Crippen molar-refractivity contribution in [2.24, 2.45) is 0 Å². The first-order valence-electron chi connectivity index (χ1n) is 10.8. The van der Waals surface area contributed by atoms with Gasteiger partial charge in [0.15, 0.2) is 0 Å². The van der Waals surface area contributed by atoms with Gasteiger partial charge in [0.05, 0.1) is 25.3 Å². The number of anilines is 1. The predicted octanol–water partition coefficient (Wildman–Crippen LogP) is -2.49. The van der Waals surface area contributed by atoms with Crippen molar-refractivity contribution in [3.05, 3.63) is 55.8 Å². The fourth-order valence-electron chi connectivity index (χ4n) is 2.94. The van der Waals surface area contributed by atoms with Crippen LogP contribution in [0, 0.1) is 0 Å². The summed E-state index contributed by atoms with van der Waals surface area (Å²) in [6.45, 7) is -0.745. The van der Waals surface area contributed by atoms with E-state index in [-0.39, 0.29) is 45.1 Å². The topological polar surface area (TPSA) is 290 Å². The Kier molecular flexibility index (Phi) is 13.9. The van der Waals surface area contributed by atoms with Gasteiger partial charge in [0.25, 0.3) is 5.56 Å². The molecular formula is C18H31N5O13P2. The second-order valence-electron chi connectivity index (χ2n) is 7.72. The number of ether oxygens (including phenoxy) is 2. The highest BCUT2D eigenvalue weighted by Gasteiger charge is 2.18. The number of hydrogen-bond acceptors (Lipinski definition) is 11. The maximum Gasteiger partial charge on any atom is 0.350 e. The van der Waals surface area contributed by atoms with E-state index in [1.54, 1.807) is 0 Å². The molecule has 2 atom stereocenters. The highest BCUT2D eigenvalue weighted by atomic mass is 31.2. The second-order valence-corrected chi connectivity index (χ2v) is 10.9. The normalized spacial score (nSPS) is 13.4. The average Bonchev–Trinajstić information content (AvgIpc) is 2.77. The smallest absolute Gasteiger partial charge is 0.350 e. The first kappa shape index (κ1) is 33.5. The molecular weight excluding hydrogens is 556 g/mol. The third kappa shape index (κ3) is 13.3. The van der Waals surface area contributed by atoms with Gasteiger partial charge in [-0.25, -0.2) is 9.59 Å². The molecule has 0 aliphatic rings. The van der Waals surface area contributed by atoms with Gasteiger partial charge in [-0.3, -0.25) is 28.0 Å². The minimum Gasteiger partial charge on any atom is -0.396 e. The third-order valence-corrected chi connectivity index (χ3v) is 5.59. The van der Waals surface area contributed by atoms with Crippen LogP contribution < -0.4 is 22.7 Å². The standard InChI is InChI=1S/C9H16N3O6P.C9H15N2O7P/c10-8-1-3-12(9(14)11-8)7(2-4-13)5-18-6-19(15,16)17;12-4-2-7(5-18-6-19(15,16)17)11-3-1-8(13)10-9(11)14/h1,3,7,13H,2,4-6H2,(H2,10,11,14)(H2,15,16,17);1,3,7,12H,2,4-6H2,(H,10,13,14)(H2,15,16,17). The van der Waals surface area contributed by atoms with Crippen molar-refractivity contribution in [2.45, 2.75) is 24.9 Å². The van der Waals surface area contributed by atoms with Crippen LogP contribution in [-0.2, 0) is 18.6 Å². The Morgan fingerprint density at radius 2 is 1.34 bits per heavy atom. The fraction of sp³-hybridized carbons (Fsp3) is 0.556. The van der Waals surface area contributed by atoms with E-state index in [2.05, 4.69) is 4.98 Å². The number of aromatic amines is 1. The number of nitrogens with zero attached hydrogens (tertiary/aromatic N) is 3. The number of aliphatic hydroxyl groups is 2. The Morgan fingerprint density at radius 3 is 1.76 bits per heavy atom. The molecule has 0 aliphatic carbocycles. The highest BCUT2D eigenvalue weighted by molar-refractivity contribution is 7.51. The Hall–Kier alpha value is -2.50. The molecule has 9 N–H and O–H groups in total. The van der Waals surface area contributed by atoms with Crippen molar-refractivity contribution in [3.8, 4) is 0 Å². The quantitative estimate of drug-likeness (QED) is 0.106. The lowest BCUT2D eigenvalue weighted by Crippen LogP contribution is -2.33. The van der Waals surface area contributed by atoms with Crippen LogP contribution in [0.25, 0.3) is 0 Å². The first-order valence-corrected chi connectivity index (χ1v) is 14.4. The number of nitrogens with two attached hydrogens (primary N) is 1. The van der Waals surface area contributed by atoms with E-state index in [0.29, 0.717) is 0 Å². The molecule has 0 bridgehead atoms. The minimum absolute atomic E-state index is 0.0696. The van der Waals surface area contributed by atoms with Crippen LogP contribution in [0.3, 0.4) is 0 Å². The molecule has 2 heterocycles. The zero-order valence-electron chi connectivity index (χ0n) is 20.0. The van der Waals surface area contributed by atoms with Crippen LogP contribution in [0.15, 0.2) is 38.9 Å². The van der Waals surface area contributed by atoms with Gasteiger partial charge in [0.2, 0.25) is 0 Å². The number of nitrogens with one attached hydrogen (secondary N) is 1. The van der Waals surface area contributed by atoms with Crippen LogP contribution in [0.2, 0.25) is 0 Å². The zero-order valence-corrected chi connectivity index (χ0v) is 21.8. The van der Waals surface area contributed by atoms with Gasteiger partial charge >= 0.3 is 26.6 Å². The average molecular weight is 587 g/mol. The zero-order chi connectivity index (χ0) is 28.9. The lowest BCUT2D eigenvalue weighted by atomic mass is 10.2. The predicted molar refractivity (Wildman–Crippen MR) is 131 cm³/mol. The van der Waals surface area contributed by atoms with Gasteiger partial charge in [-0.15, -0.1) is 0 Å². The molecule has 0 saturated heterocycles. The van der Waals surface area contributed by atoms with Gasteiger partial charge in [-0.1, -0.05) is 0 Å². The molecule has 2 aromatic heterocycles. The van der Waals surface area contributed by atoms with E-state index in [1.165, 1.54) is 23.0 Å². The molecule has 20 heteroatoms. The lowest BCUT2D eigenvalue weighted by molar-refractivity contribution is 0.109. The van der Waals surface area contributed by atoms with Gasteiger partial charge in [-0.05, 0) is 18.9 Å². The molecule has 0 radical (unpaired) electrons. The number of aromatic nitrogens is 4. The highest BCUT2D eigenvalue weighted by Crippen LogP contribution is 2.34. The Morgan fingerprint density at radius 1 is 0.868 bits per heavy atom. The van der Waals surface area contributed by atoms with E-state index in [9.17, 15) is 23.5 Å².